The van der Waals surface area contributed by atoms with Crippen molar-refractivity contribution in [1.29, 1.82) is 0 Å². The highest BCUT2D eigenvalue weighted by atomic mass is 16.5. The van der Waals surface area contributed by atoms with E-state index in [1.165, 1.54) is 23.5 Å². The molecular formula is C27H34N4O4. The highest BCUT2D eigenvalue weighted by Crippen LogP contribution is 2.39. The molecule has 0 saturated carbocycles. The molecule has 1 atom stereocenters. The fourth-order valence-corrected chi connectivity index (χ4v) is 5.43. The molecule has 8 heteroatoms. The third kappa shape index (κ3) is 4.31. The smallest absolute Gasteiger partial charge is 0.337 e. The van der Waals surface area contributed by atoms with Gasteiger partial charge in [0.25, 0.3) is 0 Å². The molecule has 0 aromatic heterocycles. The number of hydrazone groups is 1. The lowest BCUT2D eigenvalue weighted by atomic mass is 9.78. The van der Waals surface area contributed by atoms with E-state index in [0.717, 1.165) is 48.7 Å². The normalized spacial score (nSPS) is 20.9. The number of carbonyl (C=O) groups is 1. The van der Waals surface area contributed by atoms with Gasteiger partial charge in [-0.05, 0) is 56.0 Å². The van der Waals surface area contributed by atoms with Crippen molar-refractivity contribution in [3.63, 3.8) is 0 Å². The second-order valence-electron chi connectivity index (χ2n) is 9.83. The summed E-state index contributed by atoms with van der Waals surface area (Å²) in [5, 5.41) is 9.13. The molecule has 1 spiro atoms. The van der Waals surface area contributed by atoms with E-state index >= 15 is 0 Å². The number of piperidine rings is 1. The van der Waals surface area contributed by atoms with Gasteiger partial charge in [0.05, 0.1) is 39.2 Å². The molecule has 1 N–H and O–H groups in total. The molecule has 3 heterocycles. The predicted molar refractivity (Wildman–Crippen MR) is 136 cm³/mol. The maximum Gasteiger partial charge on any atom is 0.337 e. The molecule has 2 aromatic rings. The molecule has 5 rings (SSSR count). The van der Waals surface area contributed by atoms with Gasteiger partial charge < -0.3 is 24.4 Å². The van der Waals surface area contributed by atoms with Crippen molar-refractivity contribution in [2.24, 2.45) is 10.5 Å². The molecule has 3 aliphatic heterocycles. The Hall–Kier alpha value is -3.26. The first-order valence-electron chi connectivity index (χ1n) is 12.2. The monoisotopic (exact) mass is 478 g/mol. The number of ether oxygens (including phenoxy) is 3. The summed E-state index contributed by atoms with van der Waals surface area (Å²) in [4.78, 5) is 15.2. The standard InChI is InChI=1S/C27H34N4O4/c1-18-12-20-13-23(33-3)24(34-4)14-22(20)25(29-31(18)26(32)28-2)19-6-8-21(9-7-19)30-11-5-10-27(15-30)16-35-17-27/h6-9,13-14,18H,5,10-12,15-17H2,1-4H3,(H,28,32). The van der Waals surface area contributed by atoms with E-state index in [-0.39, 0.29) is 12.1 Å². The van der Waals surface area contributed by atoms with Gasteiger partial charge in [0, 0.05) is 42.4 Å². The van der Waals surface area contributed by atoms with Crippen LogP contribution in [0.1, 0.15) is 36.5 Å². The second kappa shape index (κ2) is 9.41. The Morgan fingerprint density at radius 2 is 1.86 bits per heavy atom. The minimum atomic E-state index is -0.236. The number of amides is 2. The fraction of sp³-hybridized carbons (Fsp3) is 0.481. The van der Waals surface area contributed by atoms with E-state index in [0.29, 0.717) is 23.3 Å². The Morgan fingerprint density at radius 1 is 1.14 bits per heavy atom. The molecular weight excluding hydrogens is 444 g/mol. The Bertz CT molecular complexity index is 1130. The van der Waals surface area contributed by atoms with E-state index in [1.54, 1.807) is 21.3 Å². The van der Waals surface area contributed by atoms with Gasteiger partial charge in [-0.3, -0.25) is 0 Å². The molecule has 3 aliphatic rings. The quantitative estimate of drug-likeness (QED) is 0.726. The van der Waals surface area contributed by atoms with Crippen molar-refractivity contribution in [3.05, 3.63) is 53.1 Å². The van der Waals surface area contributed by atoms with Gasteiger partial charge in [0.1, 0.15) is 0 Å². The molecule has 35 heavy (non-hydrogen) atoms. The van der Waals surface area contributed by atoms with Gasteiger partial charge >= 0.3 is 6.03 Å². The zero-order valence-corrected chi connectivity index (χ0v) is 21.0. The average Bonchev–Trinajstić information content (AvgIpc) is 3.02. The molecule has 2 fully saturated rings. The number of nitrogens with zero attached hydrogens (tertiary/aromatic N) is 3. The second-order valence-corrected chi connectivity index (χ2v) is 9.83. The van der Waals surface area contributed by atoms with Crippen molar-refractivity contribution >= 4 is 17.4 Å². The lowest BCUT2D eigenvalue weighted by Crippen LogP contribution is -2.54. The van der Waals surface area contributed by atoms with Crippen molar-refractivity contribution < 1.29 is 19.0 Å². The van der Waals surface area contributed by atoms with E-state index < -0.39 is 0 Å². The van der Waals surface area contributed by atoms with Gasteiger partial charge in [0.2, 0.25) is 0 Å². The van der Waals surface area contributed by atoms with Crippen LogP contribution in [0.5, 0.6) is 11.5 Å². The van der Waals surface area contributed by atoms with Crippen molar-refractivity contribution in [1.82, 2.24) is 10.3 Å². The first-order chi connectivity index (χ1) is 17.0. The van der Waals surface area contributed by atoms with Crippen LogP contribution in [0.2, 0.25) is 0 Å². The summed E-state index contributed by atoms with van der Waals surface area (Å²) in [6, 6.07) is 12.1. The zero-order valence-electron chi connectivity index (χ0n) is 21.0. The summed E-state index contributed by atoms with van der Waals surface area (Å²) in [6.45, 7) is 5.84. The number of rotatable bonds is 4. The van der Waals surface area contributed by atoms with Gasteiger partial charge in [-0.15, -0.1) is 0 Å². The Balaban J connectivity index is 1.53. The van der Waals surface area contributed by atoms with Gasteiger partial charge in [0.15, 0.2) is 11.5 Å². The number of nitrogens with one attached hydrogen (secondary N) is 1. The van der Waals surface area contributed by atoms with Crippen LogP contribution in [0, 0.1) is 5.41 Å². The fourth-order valence-electron chi connectivity index (χ4n) is 5.43. The molecule has 2 amide bonds. The number of carbonyl (C=O) groups excluding carboxylic acids is 1. The summed E-state index contributed by atoms with van der Waals surface area (Å²) in [7, 11) is 4.89. The Labute approximate surface area is 206 Å². The van der Waals surface area contributed by atoms with Gasteiger partial charge in [-0.2, -0.15) is 5.10 Å². The molecule has 1 unspecified atom stereocenters. The molecule has 2 aromatic carbocycles. The minimum Gasteiger partial charge on any atom is -0.493 e. The van der Waals surface area contributed by atoms with Crippen LogP contribution < -0.4 is 19.7 Å². The molecule has 186 valence electrons. The topological polar surface area (TPSA) is 75.6 Å². The van der Waals surface area contributed by atoms with Crippen molar-refractivity contribution in [2.75, 3.05) is 52.5 Å². The number of methoxy groups -OCH3 is 2. The highest BCUT2D eigenvalue weighted by molar-refractivity contribution is 6.14. The SMILES string of the molecule is CNC(=O)N1N=C(c2ccc(N3CCCC4(COC4)C3)cc2)c2cc(OC)c(OC)cc2CC1C. The van der Waals surface area contributed by atoms with Crippen LogP contribution in [0.25, 0.3) is 0 Å². The van der Waals surface area contributed by atoms with E-state index in [9.17, 15) is 4.79 Å². The van der Waals surface area contributed by atoms with E-state index in [2.05, 4.69) is 34.5 Å². The van der Waals surface area contributed by atoms with Crippen LogP contribution in [-0.2, 0) is 11.2 Å². The largest absolute Gasteiger partial charge is 0.493 e. The first-order valence-corrected chi connectivity index (χ1v) is 12.2. The molecule has 2 saturated heterocycles. The number of anilines is 1. The third-order valence-corrected chi connectivity index (χ3v) is 7.41. The first kappa shape index (κ1) is 23.5. The molecule has 0 bridgehead atoms. The lowest BCUT2D eigenvalue weighted by Gasteiger charge is -2.49. The number of fused-ring (bicyclic) bond motifs is 1. The number of hydrogen-bond donors (Lipinski definition) is 1. The summed E-state index contributed by atoms with van der Waals surface area (Å²) in [5.41, 5.74) is 5.22. The Kier molecular flexibility index (Phi) is 6.32. The van der Waals surface area contributed by atoms with Crippen LogP contribution in [-0.4, -0.2) is 70.4 Å². The summed E-state index contributed by atoms with van der Waals surface area (Å²) in [5.74, 6) is 1.30. The number of benzene rings is 2. The van der Waals surface area contributed by atoms with Crippen molar-refractivity contribution in [3.8, 4) is 11.5 Å². The number of urea groups is 1. The number of hydrogen-bond acceptors (Lipinski definition) is 6. The maximum atomic E-state index is 12.7. The molecule has 0 radical (unpaired) electrons. The van der Waals surface area contributed by atoms with Crippen molar-refractivity contribution in [2.45, 2.75) is 32.2 Å². The van der Waals surface area contributed by atoms with E-state index in [1.807, 2.05) is 19.1 Å². The van der Waals surface area contributed by atoms with Crippen LogP contribution in [0.3, 0.4) is 0 Å². The molecule has 0 aliphatic carbocycles. The average molecular weight is 479 g/mol. The zero-order chi connectivity index (χ0) is 24.6. The van der Waals surface area contributed by atoms with Gasteiger partial charge in [-0.25, -0.2) is 9.80 Å². The summed E-state index contributed by atoms with van der Waals surface area (Å²) >= 11 is 0. The van der Waals surface area contributed by atoms with Crippen LogP contribution in [0.15, 0.2) is 41.5 Å². The Morgan fingerprint density at radius 3 is 2.49 bits per heavy atom. The van der Waals surface area contributed by atoms with E-state index in [4.69, 9.17) is 19.3 Å². The summed E-state index contributed by atoms with van der Waals surface area (Å²) in [6.07, 6.45) is 3.08. The lowest BCUT2D eigenvalue weighted by molar-refractivity contribution is -0.117. The predicted octanol–water partition coefficient (Wildman–Crippen LogP) is 3.66. The maximum absolute atomic E-state index is 12.7. The molecule has 8 nitrogen and oxygen atoms in total. The highest BCUT2D eigenvalue weighted by Gasteiger charge is 2.42. The van der Waals surface area contributed by atoms with Gasteiger partial charge in [-0.1, -0.05) is 12.1 Å². The minimum absolute atomic E-state index is 0.127. The van der Waals surface area contributed by atoms with Crippen LogP contribution in [0.4, 0.5) is 10.5 Å². The summed E-state index contributed by atoms with van der Waals surface area (Å²) < 4.78 is 16.7. The van der Waals surface area contributed by atoms with Crippen LogP contribution >= 0.6 is 0 Å². The third-order valence-electron chi connectivity index (χ3n) is 7.41.